The summed E-state index contributed by atoms with van der Waals surface area (Å²) in [4.78, 5) is 3.84. The van der Waals surface area contributed by atoms with Gasteiger partial charge in [-0.2, -0.15) is 0 Å². The molecule has 14 heavy (non-hydrogen) atoms. The van der Waals surface area contributed by atoms with Crippen molar-refractivity contribution in [1.82, 2.24) is 5.32 Å². The highest BCUT2D eigenvalue weighted by atomic mass is 19.3. The second kappa shape index (κ2) is 4.36. The van der Waals surface area contributed by atoms with E-state index in [1.54, 1.807) is 0 Å². The van der Waals surface area contributed by atoms with Crippen molar-refractivity contribution >= 4 is 6.34 Å². The minimum atomic E-state index is -2.85. The van der Waals surface area contributed by atoms with E-state index in [0.717, 1.165) is 6.92 Å². The Morgan fingerprint density at radius 3 is 2.93 bits per heavy atom. The molecule has 1 atom stereocenters. The summed E-state index contributed by atoms with van der Waals surface area (Å²) in [5.74, 6) is -2.62. The van der Waals surface area contributed by atoms with Crippen LogP contribution < -0.4 is 5.32 Å². The van der Waals surface area contributed by atoms with Crippen molar-refractivity contribution in [2.24, 2.45) is 4.99 Å². The summed E-state index contributed by atoms with van der Waals surface area (Å²) in [6, 6.07) is 0. The van der Waals surface area contributed by atoms with Gasteiger partial charge in [0, 0.05) is 20.1 Å². The van der Waals surface area contributed by atoms with Gasteiger partial charge in [-0.1, -0.05) is 0 Å². The highest BCUT2D eigenvalue weighted by Gasteiger charge is 2.23. The van der Waals surface area contributed by atoms with Gasteiger partial charge in [-0.25, -0.2) is 13.8 Å². The van der Waals surface area contributed by atoms with Crippen molar-refractivity contribution in [3.8, 4) is 0 Å². The van der Waals surface area contributed by atoms with E-state index in [2.05, 4.69) is 10.3 Å². The fourth-order valence-electron chi connectivity index (χ4n) is 0.818. The van der Waals surface area contributed by atoms with Crippen molar-refractivity contribution in [3.05, 3.63) is 12.0 Å². The summed E-state index contributed by atoms with van der Waals surface area (Å²) in [7, 11) is 1.47. The van der Waals surface area contributed by atoms with Crippen LogP contribution in [0.5, 0.6) is 0 Å². The number of nitrogens with zero attached hydrogens (tertiary/aromatic N) is 1. The fourth-order valence-corrected chi connectivity index (χ4v) is 0.818. The van der Waals surface area contributed by atoms with Crippen LogP contribution in [0.1, 0.15) is 6.92 Å². The van der Waals surface area contributed by atoms with E-state index in [9.17, 15) is 8.78 Å². The van der Waals surface area contributed by atoms with Crippen molar-refractivity contribution < 1.29 is 18.3 Å². The zero-order valence-electron chi connectivity index (χ0n) is 7.96. The van der Waals surface area contributed by atoms with Crippen LogP contribution >= 0.6 is 0 Å². The van der Waals surface area contributed by atoms with Crippen LogP contribution in [0.2, 0.25) is 0 Å². The molecule has 0 saturated carbocycles. The average molecular weight is 206 g/mol. The van der Waals surface area contributed by atoms with Gasteiger partial charge in [0.05, 0.1) is 6.34 Å². The molecule has 0 fully saturated rings. The van der Waals surface area contributed by atoms with Crippen LogP contribution in [0.3, 0.4) is 0 Å². The number of aliphatic imine (C=N–C) groups is 1. The molecule has 1 rings (SSSR count). The van der Waals surface area contributed by atoms with E-state index in [1.807, 2.05) is 0 Å². The maximum atomic E-state index is 12.4. The Morgan fingerprint density at radius 1 is 1.64 bits per heavy atom. The number of methoxy groups -OCH3 is 1. The first kappa shape index (κ1) is 10.9. The molecule has 4 nitrogen and oxygen atoms in total. The van der Waals surface area contributed by atoms with Gasteiger partial charge < -0.3 is 14.8 Å². The van der Waals surface area contributed by atoms with Crippen LogP contribution in [0.4, 0.5) is 8.78 Å². The second-order valence-electron chi connectivity index (χ2n) is 2.94. The van der Waals surface area contributed by atoms with Gasteiger partial charge in [-0.3, -0.25) is 0 Å². The first-order valence-electron chi connectivity index (χ1n) is 4.05. The van der Waals surface area contributed by atoms with E-state index in [0.29, 0.717) is 0 Å². The molecule has 1 N–H and O–H groups in total. The lowest BCUT2D eigenvalue weighted by Crippen LogP contribution is -2.27. The zero-order valence-corrected chi connectivity index (χ0v) is 7.96. The summed E-state index contributed by atoms with van der Waals surface area (Å²) in [5, 5.41) is 2.59. The molecule has 0 aromatic rings. The Labute approximate surface area is 80.6 Å². The van der Waals surface area contributed by atoms with Crippen molar-refractivity contribution in [1.29, 1.82) is 0 Å². The Kier molecular flexibility index (Phi) is 3.40. The van der Waals surface area contributed by atoms with Crippen LogP contribution in [0, 0.1) is 0 Å². The standard InChI is InChI=1S/C8H12F2N2O2/c1-8(9,10)4-14-7-3-6(13-2)11-5-12-7/h3,5-6H,4H2,1-2H3,(H,11,12). The molecule has 6 heteroatoms. The highest BCUT2D eigenvalue weighted by molar-refractivity contribution is 5.58. The molecule has 0 amide bonds. The van der Waals surface area contributed by atoms with Crippen molar-refractivity contribution in [3.63, 3.8) is 0 Å². The summed E-state index contributed by atoms with van der Waals surface area (Å²) in [5.41, 5.74) is 0. The first-order chi connectivity index (χ1) is 6.51. The summed E-state index contributed by atoms with van der Waals surface area (Å²) >= 11 is 0. The maximum absolute atomic E-state index is 12.4. The molecular weight excluding hydrogens is 194 g/mol. The van der Waals surface area contributed by atoms with Crippen LogP contribution in [-0.4, -0.2) is 32.2 Å². The Balaban J connectivity index is 2.42. The van der Waals surface area contributed by atoms with E-state index < -0.39 is 18.8 Å². The van der Waals surface area contributed by atoms with Crippen LogP contribution in [0.25, 0.3) is 0 Å². The SMILES string of the molecule is COC1C=C(OCC(C)(F)F)NC=N1. The average Bonchev–Trinajstić information content (AvgIpc) is 2.14. The van der Waals surface area contributed by atoms with Gasteiger partial charge in [-0.15, -0.1) is 0 Å². The minimum Gasteiger partial charge on any atom is -0.473 e. The molecule has 0 aromatic carbocycles. The van der Waals surface area contributed by atoms with Gasteiger partial charge in [0.2, 0.25) is 0 Å². The number of ether oxygens (including phenoxy) is 2. The van der Waals surface area contributed by atoms with E-state index >= 15 is 0 Å². The highest BCUT2D eigenvalue weighted by Crippen LogP contribution is 2.14. The third-order valence-electron chi connectivity index (χ3n) is 1.44. The lowest BCUT2D eigenvalue weighted by atomic mass is 10.4. The maximum Gasteiger partial charge on any atom is 0.278 e. The van der Waals surface area contributed by atoms with Crippen molar-refractivity contribution in [2.45, 2.75) is 19.1 Å². The molecule has 0 spiro atoms. The first-order valence-corrected chi connectivity index (χ1v) is 4.05. The zero-order chi connectivity index (χ0) is 10.6. The van der Waals surface area contributed by atoms with Gasteiger partial charge in [0.25, 0.3) is 5.92 Å². The number of alkyl halides is 2. The van der Waals surface area contributed by atoms with E-state index in [-0.39, 0.29) is 5.88 Å². The molecule has 1 unspecified atom stereocenters. The largest absolute Gasteiger partial charge is 0.473 e. The predicted molar refractivity (Wildman–Crippen MR) is 47.1 cm³/mol. The third kappa shape index (κ3) is 3.69. The molecule has 0 radical (unpaired) electrons. The Bertz CT molecular complexity index is 248. The van der Waals surface area contributed by atoms with Crippen molar-refractivity contribution in [2.75, 3.05) is 13.7 Å². The quantitative estimate of drug-likeness (QED) is 0.749. The molecule has 80 valence electrons. The molecule has 1 aliphatic heterocycles. The normalized spacial score (nSPS) is 21.4. The summed E-state index contributed by atoms with van der Waals surface area (Å²) in [6.07, 6.45) is 2.35. The van der Waals surface area contributed by atoms with E-state index in [1.165, 1.54) is 19.5 Å². The van der Waals surface area contributed by atoms with Crippen LogP contribution in [0.15, 0.2) is 17.0 Å². The molecule has 0 aliphatic carbocycles. The number of halogens is 2. The van der Waals surface area contributed by atoms with Gasteiger partial charge in [0.1, 0.15) is 0 Å². The molecular formula is C8H12F2N2O2. The monoisotopic (exact) mass is 206 g/mol. The van der Waals surface area contributed by atoms with Gasteiger partial charge in [0.15, 0.2) is 18.7 Å². The number of nitrogens with one attached hydrogen (secondary N) is 1. The Hall–Kier alpha value is -1.17. The summed E-state index contributed by atoms with van der Waals surface area (Å²) < 4.78 is 34.5. The number of hydrogen-bond acceptors (Lipinski definition) is 4. The van der Waals surface area contributed by atoms with E-state index in [4.69, 9.17) is 9.47 Å². The predicted octanol–water partition coefficient (Wildman–Crippen LogP) is 1.10. The molecule has 1 aliphatic rings. The topological polar surface area (TPSA) is 42.9 Å². The minimum absolute atomic E-state index is 0.230. The fraction of sp³-hybridized carbons (Fsp3) is 0.625. The van der Waals surface area contributed by atoms with Crippen LogP contribution in [-0.2, 0) is 9.47 Å². The number of hydrogen-bond donors (Lipinski definition) is 1. The third-order valence-corrected chi connectivity index (χ3v) is 1.44. The lowest BCUT2D eigenvalue weighted by Gasteiger charge is -2.18. The van der Waals surface area contributed by atoms with Gasteiger partial charge >= 0.3 is 0 Å². The smallest absolute Gasteiger partial charge is 0.278 e. The lowest BCUT2D eigenvalue weighted by molar-refractivity contribution is -0.0467. The second-order valence-corrected chi connectivity index (χ2v) is 2.94. The van der Waals surface area contributed by atoms with Gasteiger partial charge in [-0.05, 0) is 0 Å². The molecule has 0 aromatic heterocycles. The summed E-state index contributed by atoms with van der Waals surface area (Å²) in [6.45, 7) is 0.119. The molecule has 0 saturated heterocycles. The number of rotatable bonds is 4. The molecule has 1 heterocycles. The Morgan fingerprint density at radius 2 is 2.36 bits per heavy atom. The molecule has 0 bridgehead atoms.